The first-order valence-electron chi connectivity index (χ1n) is 40.3. The van der Waals surface area contributed by atoms with E-state index in [1.807, 2.05) is 150 Å². The summed E-state index contributed by atoms with van der Waals surface area (Å²) in [6, 6.07) is 8.02. The van der Waals surface area contributed by atoms with Gasteiger partial charge in [-0.25, -0.2) is 0 Å². The van der Waals surface area contributed by atoms with E-state index in [0.717, 1.165) is 109 Å². The normalized spacial score (nSPS) is 29.8. The summed E-state index contributed by atoms with van der Waals surface area (Å²) in [5, 5.41) is 13.2. The van der Waals surface area contributed by atoms with E-state index in [0.29, 0.717) is 6.04 Å². The summed E-state index contributed by atoms with van der Waals surface area (Å²) in [4.78, 5) is 17.5. The van der Waals surface area contributed by atoms with Crippen molar-refractivity contribution in [3.8, 4) is 0 Å². The predicted octanol–water partition coefficient (Wildman–Crippen LogP) is 19.8. The minimum atomic E-state index is 0. The van der Waals surface area contributed by atoms with Gasteiger partial charge in [0.05, 0.1) is 19.3 Å². The van der Waals surface area contributed by atoms with E-state index in [1.165, 1.54) is 218 Å². The fraction of sp³-hybridized carbons (Fsp3) is 0.974. The average molecular weight is 1670 g/mol. The van der Waals surface area contributed by atoms with Crippen molar-refractivity contribution in [1.82, 2.24) is 40.4 Å². The molecule has 5 saturated carbocycles. The van der Waals surface area contributed by atoms with Crippen molar-refractivity contribution in [2.45, 2.75) is 392 Å². The first kappa shape index (κ1) is 118. The van der Waals surface area contributed by atoms with Gasteiger partial charge >= 0.3 is 0 Å². The van der Waals surface area contributed by atoms with Crippen molar-refractivity contribution < 1.29 is 0 Å². The van der Waals surface area contributed by atoms with Crippen molar-refractivity contribution >= 4 is 136 Å². The van der Waals surface area contributed by atoms with E-state index in [-0.39, 0.29) is 42.1 Å². The van der Waals surface area contributed by atoms with Crippen LogP contribution in [0.1, 0.15) is 331 Å². The molecule has 0 aromatic carbocycles. The number of hydrogen-bond acceptors (Lipinski definition) is 12. The van der Waals surface area contributed by atoms with Crippen LogP contribution in [0.25, 0.3) is 0 Å². The second-order valence-corrected chi connectivity index (χ2v) is 26.5. The molecule has 0 bridgehead atoms. The van der Waals surface area contributed by atoms with Gasteiger partial charge in [0.25, 0.3) is 0 Å². The van der Waals surface area contributed by atoms with Gasteiger partial charge in [-0.1, -0.05) is 247 Å². The fourth-order valence-corrected chi connectivity index (χ4v) is 18.1. The third kappa shape index (κ3) is 41.7. The highest BCUT2D eigenvalue weighted by atomic mass is 128. The number of thiocarbonyl (C=S) groups is 1. The van der Waals surface area contributed by atoms with E-state index in [1.54, 1.807) is 0 Å². The Balaban J connectivity index is -0.000000132. The number of nitrogens with zero attached hydrogens (tertiary/aromatic N) is 6. The highest BCUT2D eigenvalue weighted by Crippen LogP contribution is 2.44. The van der Waals surface area contributed by atoms with Crippen LogP contribution >= 0.6 is 61.2 Å². The molecule has 12 fully saturated rings. The SMILES string of the molecule is CC.CC.CC.CC.CC.CC.CC.CC.CC.CC.CN(C)C[C@@H]1C[C@@H]2CCCCC[C@H]2N1.CN1C[C@@H]2C[C@@H]3CCCCC[C@H]3N2C1.CSC1=NCC2C[C@@H]3CCCCC[C@H]3N12.II.NCC1C[C@@H]2CCCCC[C@H]2N1.S=C1NCC2C[C@@H]3CCCCC[C@H]3N12.S=S.[B].[B].[B].[B].[B]. The zero-order chi connectivity index (χ0) is 71.7. The molecule has 3 unspecified atom stereocenters. The van der Waals surface area contributed by atoms with Crippen LogP contribution in [0.2, 0.25) is 0 Å². The summed E-state index contributed by atoms with van der Waals surface area (Å²) in [5.74, 6) is 4.91. The summed E-state index contributed by atoms with van der Waals surface area (Å²) < 4.78 is 0. The van der Waals surface area contributed by atoms with Crippen molar-refractivity contribution in [2.24, 2.45) is 40.3 Å². The molecule has 0 aromatic rings. The van der Waals surface area contributed by atoms with Crippen LogP contribution in [0.5, 0.6) is 0 Å². The summed E-state index contributed by atoms with van der Waals surface area (Å²) in [6.07, 6.45) is 45.5. The van der Waals surface area contributed by atoms with E-state index >= 15 is 0 Å². The number of nitrogens with one attached hydrogen (secondary N) is 3. The molecule has 98 heavy (non-hydrogen) atoms. The minimum Gasteiger partial charge on any atom is -0.360 e. The van der Waals surface area contributed by atoms with Gasteiger partial charge in [0.1, 0.15) is 0 Å². The molecule has 8 heterocycles. The monoisotopic (exact) mass is 1670 g/mol. The van der Waals surface area contributed by atoms with Crippen LogP contribution in [0, 0.1) is 29.6 Å². The number of hydrogen-bond donors (Lipinski definition) is 4. The van der Waals surface area contributed by atoms with Crippen LogP contribution in [0.4, 0.5) is 0 Å². The van der Waals surface area contributed by atoms with Crippen molar-refractivity contribution in [3.05, 3.63) is 0 Å². The number of rotatable bonds is 3. The minimum absolute atomic E-state index is 0. The van der Waals surface area contributed by atoms with E-state index in [9.17, 15) is 0 Å². The van der Waals surface area contributed by atoms with Gasteiger partial charge in [0, 0.05) is 182 Å². The smallest absolute Gasteiger partial charge is 0.169 e. The van der Waals surface area contributed by atoms with Crippen LogP contribution in [0.15, 0.2) is 4.99 Å². The highest BCUT2D eigenvalue weighted by Gasteiger charge is 2.47. The Morgan fingerprint density at radius 1 is 0.469 bits per heavy atom. The Hall–Kier alpha value is 1.49. The summed E-state index contributed by atoms with van der Waals surface area (Å²) >= 11 is 18.8. The molecule has 0 aromatic heterocycles. The molecule has 13 rings (SSSR count). The van der Waals surface area contributed by atoms with Gasteiger partial charge in [0.2, 0.25) is 0 Å². The number of nitrogens with two attached hydrogens (primary N) is 1. The molecule has 5 aliphatic carbocycles. The van der Waals surface area contributed by atoms with E-state index < -0.39 is 0 Å². The third-order valence-corrected chi connectivity index (χ3v) is 21.3. The zero-order valence-electron chi connectivity index (χ0n) is 69.2. The lowest BCUT2D eigenvalue weighted by Gasteiger charge is -2.28. The van der Waals surface area contributed by atoms with Crippen molar-refractivity contribution in [3.63, 3.8) is 0 Å². The molecule has 8 aliphatic heterocycles. The van der Waals surface area contributed by atoms with Gasteiger partial charge in [0.15, 0.2) is 10.3 Å². The lowest BCUT2D eigenvalue weighted by molar-refractivity contribution is 0.184. The average Bonchev–Trinajstić information content (AvgIpc) is 1.65. The second-order valence-electron chi connectivity index (χ2n) is 25.3. The van der Waals surface area contributed by atoms with Crippen LogP contribution in [0.3, 0.4) is 0 Å². The quantitative estimate of drug-likeness (QED) is 0.123. The van der Waals surface area contributed by atoms with Crippen molar-refractivity contribution in [2.75, 3.05) is 66.8 Å². The maximum Gasteiger partial charge on any atom is 0.169 e. The number of amidine groups is 1. The van der Waals surface area contributed by atoms with Gasteiger partial charge < -0.3 is 36.4 Å². The van der Waals surface area contributed by atoms with Gasteiger partial charge in [-0.2, -0.15) is 0 Å². The third-order valence-electron chi connectivity index (χ3n) is 20.2. The molecule has 0 spiro atoms. The number of halogens is 2. The summed E-state index contributed by atoms with van der Waals surface area (Å²) in [6.45, 7) is 46.8. The molecule has 10 nitrogen and oxygen atoms in total. The standard InChI is InChI=1S/C12H20N2S.C12H22N2.C12H24N2.C11H18N2S.C10H20N2.10C2H6.5B.I2.S2/c1-15-12-13-8-10-7-9-5-3-2-4-6-11(9)14(10)12;1-13-8-11-7-10-5-3-2-4-6-12(10)14(11)9-13;1-14(2)9-11-8-10-6-4-3-5-7-12(10)13-11;14-11-12-7-9-6-8-4-2-1-3-5-10(8)13(9)11;11-7-9-6-8-4-2-1-3-5-10(8)12-9;10*1-2;;;;;;2*1-2/h9-11H,2-8H2,1H3;10-12H,2-9H2,1H3;10-13H,3-9H2,1-2H3;8-10H,1-7H2,(H,12,14);8-10,12H,1-7,11H2;10*1-2H3;;;;;;;/t9-,10?,11+;2*10-,11-,12+;2*8-,9?,10+;;;;;;;;;;;;;;;;;/m00000................./s1. The molecule has 21 heteroatoms. The molecular formula is C77H164B5I2N10S4. The zero-order valence-corrected chi connectivity index (χ0v) is 76.7. The first-order chi connectivity index (χ1) is 45.8. The van der Waals surface area contributed by atoms with Gasteiger partial charge in [-0.3, -0.25) is 14.8 Å². The molecule has 0 amide bonds. The Labute approximate surface area is 669 Å². The number of thioether (sulfide) groups is 1. The maximum absolute atomic E-state index is 5.66. The largest absolute Gasteiger partial charge is 0.360 e. The Kier molecular flexibility index (Phi) is 95.7. The molecule has 7 saturated heterocycles. The van der Waals surface area contributed by atoms with Crippen LogP contribution < -0.4 is 21.7 Å². The van der Waals surface area contributed by atoms with E-state index in [4.69, 9.17) is 18.0 Å². The number of likely N-dealkylation sites (N-methyl/N-ethyl adjacent to an activating group) is 2. The topological polar surface area (TPSA) is 90.7 Å². The molecule has 13 aliphatic rings. The summed E-state index contributed by atoms with van der Waals surface area (Å²) in [7, 11) is 6.62. The highest BCUT2D eigenvalue weighted by molar-refractivity contribution is 15.0. The molecular weight excluding hydrogens is 1500 g/mol. The Bertz CT molecular complexity index is 1650. The summed E-state index contributed by atoms with van der Waals surface area (Å²) in [5.41, 5.74) is 5.66. The maximum atomic E-state index is 5.66. The van der Waals surface area contributed by atoms with Gasteiger partial charge in [-0.05, 0) is 166 Å². The molecule has 15 atom stereocenters. The molecule has 5 N–H and O–H groups in total. The van der Waals surface area contributed by atoms with Gasteiger partial charge in [-0.15, -0.1) is 0 Å². The first-order valence-corrected chi connectivity index (χ1v) is 49.6. The Morgan fingerprint density at radius 3 is 1.23 bits per heavy atom. The Morgan fingerprint density at radius 2 is 0.816 bits per heavy atom. The van der Waals surface area contributed by atoms with Crippen LogP contribution in [-0.2, 0) is 22.4 Å². The van der Waals surface area contributed by atoms with Crippen LogP contribution in [-0.4, -0.2) is 204 Å². The molecule has 15 radical (unpaired) electrons. The lowest BCUT2D eigenvalue weighted by Crippen LogP contribution is -2.38. The second kappa shape index (κ2) is 79.5. The fourth-order valence-electron chi connectivity index (χ4n) is 17.1. The number of fused-ring (bicyclic) bond motifs is 11. The van der Waals surface area contributed by atoms with E-state index in [2.05, 4.69) is 132 Å². The lowest BCUT2D eigenvalue weighted by atomic mass is 9.94. The predicted molar refractivity (Wildman–Crippen MR) is 482 cm³/mol. The number of aliphatic imine (C=N–C) groups is 1. The van der Waals surface area contributed by atoms with Crippen molar-refractivity contribution in [1.29, 1.82) is 0 Å². The molecule has 575 valence electrons.